The Morgan fingerprint density at radius 3 is 2.65 bits per heavy atom. The van der Waals surface area contributed by atoms with E-state index in [2.05, 4.69) is 22.1 Å². The van der Waals surface area contributed by atoms with E-state index in [4.69, 9.17) is 0 Å². The highest BCUT2D eigenvalue weighted by molar-refractivity contribution is 5.93. The van der Waals surface area contributed by atoms with Crippen LogP contribution in [0.3, 0.4) is 0 Å². The summed E-state index contributed by atoms with van der Waals surface area (Å²) in [4.78, 5) is 8.44. The third-order valence-electron chi connectivity index (χ3n) is 3.86. The van der Waals surface area contributed by atoms with Gasteiger partial charge in [0.05, 0.1) is 11.8 Å². The van der Waals surface area contributed by atoms with Crippen molar-refractivity contribution in [2.45, 2.75) is 6.54 Å². The average Bonchev–Trinajstić information content (AvgIpc) is 3.08. The number of nitrogens with zero attached hydrogens (tertiary/aromatic N) is 3. The zero-order valence-electron chi connectivity index (χ0n) is 12.4. The molecule has 3 nitrogen and oxygen atoms in total. The summed E-state index contributed by atoms with van der Waals surface area (Å²) in [5.74, 6) is -0.247. The van der Waals surface area contributed by atoms with Gasteiger partial charge in [-0.25, -0.2) is 9.37 Å². The van der Waals surface area contributed by atoms with Gasteiger partial charge < -0.3 is 4.57 Å². The molecule has 112 valence electrons. The predicted octanol–water partition coefficient (Wildman–Crippen LogP) is 4.29. The minimum absolute atomic E-state index is 0.247. The number of fused-ring (bicyclic) bond motifs is 1. The SMILES string of the molecule is Fc1cc(-c2ccc(Cn3ccnc3)cc2)c2ncccc2c1. The number of benzene rings is 2. The molecule has 4 rings (SSSR count). The van der Waals surface area contributed by atoms with Gasteiger partial charge in [0.15, 0.2) is 0 Å². The number of hydrogen-bond donors (Lipinski definition) is 0. The first-order valence-corrected chi connectivity index (χ1v) is 7.39. The van der Waals surface area contributed by atoms with E-state index in [-0.39, 0.29) is 5.82 Å². The number of halogens is 1. The average molecular weight is 303 g/mol. The molecule has 0 amide bonds. The minimum Gasteiger partial charge on any atom is -0.333 e. The molecule has 0 aliphatic carbocycles. The molecule has 0 N–H and O–H groups in total. The third-order valence-corrected chi connectivity index (χ3v) is 3.86. The number of pyridine rings is 1. The van der Waals surface area contributed by atoms with Gasteiger partial charge >= 0.3 is 0 Å². The zero-order valence-corrected chi connectivity index (χ0v) is 12.4. The van der Waals surface area contributed by atoms with Gasteiger partial charge in [0, 0.05) is 36.1 Å². The maximum Gasteiger partial charge on any atom is 0.124 e. The van der Waals surface area contributed by atoms with Crippen LogP contribution in [0.25, 0.3) is 22.0 Å². The first-order valence-electron chi connectivity index (χ1n) is 7.39. The Kier molecular flexibility index (Phi) is 3.35. The van der Waals surface area contributed by atoms with Crippen LogP contribution in [0, 0.1) is 5.82 Å². The summed E-state index contributed by atoms with van der Waals surface area (Å²) >= 11 is 0. The lowest BCUT2D eigenvalue weighted by atomic mass is 10.0. The smallest absolute Gasteiger partial charge is 0.124 e. The Hall–Kier alpha value is -3.01. The largest absolute Gasteiger partial charge is 0.333 e. The molecule has 0 unspecified atom stereocenters. The molecule has 0 radical (unpaired) electrons. The summed E-state index contributed by atoms with van der Waals surface area (Å²) in [7, 11) is 0. The van der Waals surface area contributed by atoms with Crippen LogP contribution in [0.5, 0.6) is 0 Å². The van der Waals surface area contributed by atoms with Gasteiger partial charge in [-0.3, -0.25) is 4.98 Å². The van der Waals surface area contributed by atoms with Gasteiger partial charge in [0.25, 0.3) is 0 Å². The number of imidazole rings is 1. The Labute approximate surface area is 133 Å². The van der Waals surface area contributed by atoms with E-state index in [1.54, 1.807) is 24.8 Å². The Morgan fingerprint density at radius 2 is 1.87 bits per heavy atom. The summed E-state index contributed by atoms with van der Waals surface area (Å²) < 4.78 is 15.9. The van der Waals surface area contributed by atoms with Crippen LogP contribution in [-0.4, -0.2) is 14.5 Å². The first kappa shape index (κ1) is 13.6. The monoisotopic (exact) mass is 303 g/mol. The van der Waals surface area contributed by atoms with Crippen molar-refractivity contribution in [3.8, 4) is 11.1 Å². The molecule has 0 aliphatic rings. The summed E-state index contributed by atoms with van der Waals surface area (Å²) in [6.45, 7) is 0.766. The zero-order chi connectivity index (χ0) is 15.6. The molecule has 0 bridgehead atoms. The van der Waals surface area contributed by atoms with Crippen LogP contribution in [-0.2, 0) is 6.54 Å². The van der Waals surface area contributed by atoms with E-state index >= 15 is 0 Å². The Bertz CT molecular complexity index is 944. The summed E-state index contributed by atoms with van der Waals surface area (Å²) in [6.07, 6.45) is 7.21. The first-order chi connectivity index (χ1) is 11.3. The fourth-order valence-electron chi connectivity index (χ4n) is 2.76. The van der Waals surface area contributed by atoms with Crippen molar-refractivity contribution in [2.24, 2.45) is 0 Å². The van der Waals surface area contributed by atoms with Gasteiger partial charge in [0.1, 0.15) is 5.82 Å². The van der Waals surface area contributed by atoms with Gasteiger partial charge in [-0.2, -0.15) is 0 Å². The molecule has 0 fully saturated rings. The van der Waals surface area contributed by atoms with E-state index in [0.717, 1.165) is 28.6 Å². The maximum absolute atomic E-state index is 13.9. The van der Waals surface area contributed by atoms with Crippen molar-refractivity contribution in [3.05, 3.63) is 84.8 Å². The highest BCUT2D eigenvalue weighted by atomic mass is 19.1. The molecular weight excluding hydrogens is 289 g/mol. The molecule has 4 aromatic rings. The van der Waals surface area contributed by atoms with Crippen LogP contribution >= 0.6 is 0 Å². The van der Waals surface area contributed by atoms with Crippen molar-refractivity contribution < 1.29 is 4.39 Å². The van der Waals surface area contributed by atoms with E-state index in [1.807, 2.05) is 35.0 Å². The molecule has 0 saturated heterocycles. The topological polar surface area (TPSA) is 30.7 Å². The van der Waals surface area contributed by atoms with E-state index < -0.39 is 0 Å². The van der Waals surface area contributed by atoms with Gasteiger partial charge in [-0.05, 0) is 29.3 Å². The van der Waals surface area contributed by atoms with Crippen molar-refractivity contribution in [1.82, 2.24) is 14.5 Å². The van der Waals surface area contributed by atoms with Gasteiger partial charge in [-0.1, -0.05) is 30.3 Å². The van der Waals surface area contributed by atoms with Crippen LogP contribution in [0.2, 0.25) is 0 Å². The van der Waals surface area contributed by atoms with Crippen LogP contribution in [0.15, 0.2) is 73.4 Å². The van der Waals surface area contributed by atoms with Crippen molar-refractivity contribution in [3.63, 3.8) is 0 Å². The molecule has 2 heterocycles. The molecule has 2 aromatic heterocycles. The highest BCUT2D eigenvalue weighted by Gasteiger charge is 2.08. The van der Waals surface area contributed by atoms with Crippen molar-refractivity contribution >= 4 is 10.9 Å². The maximum atomic E-state index is 13.9. The molecule has 2 aromatic carbocycles. The van der Waals surface area contributed by atoms with Crippen LogP contribution in [0.4, 0.5) is 4.39 Å². The highest BCUT2D eigenvalue weighted by Crippen LogP contribution is 2.28. The molecule has 0 atom stereocenters. The summed E-state index contributed by atoms with van der Waals surface area (Å²) in [5.41, 5.74) is 3.76. The van der Waals surface area contributed by atoms with Crippen molar-refractivity contribution in [2.75, 3.05) is 0 Å². The number of rotatable bonds is 3. The van der Waals surface area contributed by atoms with Gasteiger partial charge in [-0.15, -0.1) is 0 Å². The van der Waals surface area contributed by atoms with Crippen LogP contribution in [0.1, 0.15) is 5.56 Å². The fourth-order valence-corrected chi connectivity index (χ4v) is 2.76. The second-order valence-corrected chi connectivity index (χ2v) is 5.46. The lowest BCUT2D eigenvalue weighted by Crippen LogP contribution is -1.96. The predicted molar refractivity (Wildman–Crippen MR) is 88.5 cm³/mol. The third kappa shape index (κ3) is 2.71. The lowest BCUT2D eigenvalue weighted by Gasteiger charge is -2.08. The van der Waals surface area contributed by atoms with Crippen LogP contribution < -0.4 is 0 Å². The summed E-state index contributed by atoms with van der Waals surface area (Å²) in [5, 5.41) is 0.810. The van der Waals surface area contributed by atoms with E-state index in [1.165, 1.54) is 11.6 Å². The second kappa shape index (κ2) is 5.65. The molecule has 0 saturated carbocycles. The standard InChI is InChI=1S/C19H14FN3/c20-17-10-16-2-1-7-22-19(16)18(11-17)15-5-3-14(4-6-15)12-23-9-8-21-13-23/h1-11,13H,12H2. The normalized spacial score (nSPS) is 11.0. The summed E-state index contributed by atoms with van der Waals surface area (Å²) in [6, 6.07) is 14.9. The molecule has 23 heavy (non-hydrogen) atoms. The van der Waals surface area contributed by atoms with E-state index in [9.17, 15) is 4.39 Å². The number of aromatic nitrogens is 3. The number of hydrogen-bond acceptors (Lipinski definition) is 2. The molecule has 4 heteroatoms. The van der Waals surface area contributed by atoms with Crippen molar-refractivity contribution in [1.29, 1.82) is 0 Å². The molecule has 0 spiro atoms. The molecule has 0 aliphatic heterocycles. The fraction of sp³-hybridized carbons (Fsp3) is 0.0526. The minimum atomic E-state index is -0.247. The van der Waals surface area contributed by atoms with Gasteiger partial charge in [0.2, 0.25) is 0 Å². The Morgan fingerprint density at radius 1 is 1.00 bits per heavy atom. The quantitative estimate of drug-likeness (QED) is 0.565. The Balaban J connectivity index is 1.73. The second-order valence-electron chi connectivity index (χ2n) is 5.46. The lowest BCUT2D eigenvalue weighted by molar-refractivity contribution is 0.630. The van der Waals surface area contributed by atoms with E-state index in [0.29, 0.717) is 0 Å². The molecular formula is C19H14FN3.